The first kappa shape index (κ1) is 20.1. The molecular formula is C25H21N3O3. The quantitative estimate of drug-likeness (QED) is 0.429. The lowest BCUT2D eigenvalue weighted by Gasteiger charge is -2.15. The van der Waals surface area contributed by atoms with Gasteiger partial charge in [-0.2, -0.15) is 0 Å². The molecule has 154 valence electrons. The zero-order valence-corrected chi connectivity index (χ0v) is 17.1. The summed E-state index contributed by atoms with van der Waals surface area (Å²) in [7, 11) is 1.59. The molecule has 0 saturated heterocycles. The van der Waals surface area contributed by atoms with Gasteiger partial charge in [-0.1, -0.05) is 36.4 Å². The van der Waals surface area contributed by atoms with Crippen molar-refractivity contribution < 1.29 is 14.7 Å². The van der Waals surface area contributed by atoms with Crippen LogP contribution in [0.15, 0.2) is 72.9 Å². The van der Waals surface area contributed by atoms with Gasteiger partial charge in [0.2, 0.25) is 0 Å². The van der Waals surface area contributed by atoms with Crippen LogP contribution >= 0.6 is 0 Å². The van der Waals surface area contributed by atoms with Gasteiger partial charge in [-0.25, -0.2) is 4.79 Å². The van der Waals surface area contributed by atoms with Crippen LogP contribution in [0.1, 0.15) is 26.3 Å². The zero-order chi connectivity index (χ0) is 22.0. The lowest BCUT2D eigenvalue weighted by Crippen LogP contribution is -2.19. The number of aryl methyl sites for hydroxylation is 1. The minimum Gasteiger partial charge on any atom is -0.478 e. The summed E-state index contributed by atoms with van der Waals surface area (Å²) < 4.78 is 0. The normalized spacial score (nSPS) is 10.6. The highest BCUT2D eigenvalue weighted by molar-refractivity contribution is 6.08. The number of pyridine rings is 1. The molecule has 6 nitrogen and oxygen atoms in total. The Morgan fingerprint density at radius 2 is 1.61 bits per heavy atom. The molecule has 1 heterocycles. The van der Waals surface area contributed by atoms with Crippen molar-refractivity contribution in [2.45, 2.75) is 6.92 Å². The van der Waals surface area contributed by atoms with Gasteiger partial charge in [0, 0.05) is 24.3 Å². The number of para-hydroxylation sites is 1. The Morgan fingerprint density at radius 3 is 2.29 bits per heavy atom. The SMILES string of the molecule is CNC(=O)c1cnc2ccc(-c3ccc(C(=O)O)c(C)c3)cc2c1Nc1ccccc1. The van der Waals surface area contributed by atoms with Gasteiger partial charge in [0.25, 0.3) is 5.91 Å². The monoisotopic (exact) mass is 411 g/mol. The highest BCUT2D eigenvalue weighted by Gasteiger charge is 2.16. The number of carbonyl (C=O) groups excluding carboxylic acids is 1. The van der Waals surface area contributed by atoms with E-state index in [2.05, 4.69) is 15.6 Å². The van der Waals surface area contributed by atoms with E-state index in [0.29, 0.717) is 16.8 Å². The maximum Gasteiger partial charge on any atom is 0.335 e. The van der Waals surface area contributed by atoms with E-state index in [1.54, 1.807) is 32.3 Å². The van der Waals surface area contributed by atoms with E-state index in [9.17, 15) is 14.7 Å². The number of carboxylic acid groups (broad SMARTS) is 1. The van der Waals surface area contributed by atoms with Gasteiger partial charge in [0.1, 0.15) is 0 Å². The average Bonchev–Trinajstić information content (AvgIpc) is 2.79. The number of hydrogen-bond donors (Lipinski definition) is 3. The molecule has 0 bridgehead atoms. The number of fused-ring (bicyclic) bond motifs is 1. The fourth-order valence-electron chi connectivity index (χ4n) is 3.56. The van der Waals surface area contributed by atoms with Crippen LogP contribution in [-0.2, 0) is 0 Å². The van der Waals surface area contributed by atoms with Crippen molar-refractivity contribution in [3.63, 3.8) is 0 Å². The highest BCUT2D eigenvalue weighted by atomic mass is 16.4. The molecule has 31 heavy (non-hydrogen) atoms. The Kier molecular flexibility index (Phi) is 5.37. The summed E-state index contributed by atoms with van der Waals surface area (Å²) in [6.07, 6.45) is 1.57. The fraction of sp³-hybridized carbons (Fsp3) is 0.0800. The first-order valence-electron chi connectivity index (χ1n) is 9.79. The molecule has 3 aromatic carbocycles. The Labute approximate surface area is 179 Å². The Bertz CT molecular complexity index is 1300. The molecule has 0 fully saturated rings. The van der Waals surface area contributed by atoms with Gasteiger partial charge < -0.3 is 15.7 Å². The van der Waals surface area contributed by atoms with E-state index < -0.39 is 5.97 Å². The fourth-order valence-corrected chi connectivity index (χ4v) is 3.56. The van der Waals surface area contributed by atoms with Crippen LogP contribution in [0.2, 0.25) is 0 Å². The molecule has 0 aliphatic rings. The van der Waals surface area contributed by atoms with Crippen molar-refractivity contribution in [2.75, 3.05) is 12.4 Å². The number of carboxylic acids is 1. The van der Waals surface area contributed by atoms with Crippen LogP contribution in [0, 0.1) is 6.92 Å². The van der Waals surface area contributed by atoms with Crippen LogP contribution in [0.4, 0.5) is 11.4 Å². The highest BCUT2D eigenvalue weighted by Crippen LogP contribution is 2.33. The molecule has 3 N–H and O–H groups in total. The number of rotatable bonds is 5. The molecule has 0 radical (unpaired) electrons. The Morgan fingerprint density at radius 1 is 0.903 bits per heavy atom. The molecule has 1 aromatic heterocycles. The molecule has 0 spiro atoms. The number of benzene rings is 3. The second-order valence-corrected chi connectivity index (χ2v) is 7.18. The number of anilines is 2. The van der Waals surface area contributed by atoms with Crippen LogP contribution in [0.25, 0.3) is 22.0 Å². The van der Waals surface area contributed by atoms with Crippen LogP contribution in [0.5, 0.6) is 0 Å². The maximum atomic E-state index is 12.5. The van der Waals surface area contributed by atoms with Gasteiger partial charge >= 0.3 is 5.97 Å². The summed E-state index contributed by atoms with van der Waals surface area (Å²) in [5.41, 5.74) is 5.45. The predicted molar refractivity (Wildman–Crippen MR) is 122 cm³/mol. The molecule has 0 saturated carbocycles. The average molecular weight is 411 g/mol. The van der Waals surface area contributed by atoms with E-state index >= 15 is 0 Å². The number of carbonyl (C=O) groups is 2. The van der Waals surface area contributed by atoms with E-state index in [0.717, 1.165) is 27.7 Å². The van der Waals surface area contributed by atoms with Crippen molar-refractivity contribution in [1.29, 1.82) is 0 Å². The number of nitrogens with one attached hydrogen (secondary N) is 2. The molecule has 4 aromatic rings. The number of nitrogens with zero attached hydrogens (tertiary/aromatic N) is 1. The maximum absolute atomic E-state index is 12.5. The van der Waals surface area contributed by atoms with Gasteiger partial charge in [-0.15, -0.1) is 0 Å². The molecule has 6 heteroatoms. The van der Waals surface area contributed by atoms with Crippen molar-refractivity contribution in [1.82, 2.24) is 10.3 Å². The third-order valence-electron chi connectivity index (χ3n) is 5.17. The second-order valence-electron chi connectivity index (χ2n) is 7.18. The first-order chi connectivity index (χ1) is 15.0. The molecule has 1 amide bonds. The summed E-state index contributed by atoms with van der Waals surface area (Å²) >= 11 is 0. The summed E-state index contributed by atoms with van der Waals surface area (Å²) in [5, 5.41) is 16.1. The summed E-state index contributed by atoms with van der Waals surface area (Å²) in [4.78, 5) is 28.3. The standard InChI is InChI=1S/C25H21N3O3/c1-15-12-16(8-10-19(15)25(30)31)17-9-11-22-20(13-17)23(21(14-27-22)24(29)26-2)28-18-6-4-3-5-7-18/h3-14H,1-2H3,(H,26,29)(H,27,28)(H,30,31). The number of hydrogen-bond acceptors (Lipinski definition) is 4. The first-order valence-corrected chi connectivity index (χ1v) is 9.79. The van der Waals surface area contributed by atoms with Gasteiger partial charge in [-0.05, 0) is 53.9 Å². The lowest BCUT2D eigenvalue weighted by atomic mass is 9.97. The van der Waals surface area contributed by atoms with Crippen LogP contribution in [-0.4, -0.2) is 29.0 Å². The van der Waals surface area contributed by atoms with E-state index in [4.69, 9.17) is 0 Å². The van der Waals surface area contributed by atoms with Crippen molar-refractivity contribution in [3.05, 3.63) is 89.6 Å². The topological polar surface area (TPSA) is 91.3 Å². The third-order valence-corrected chi connectivity index (χ3v) is 5.17. The third kappa shape index (κ3) is 3.96. The van der Waals surface area contributed by atoms with Crippen molar-refractivity contribution in [3.8, 4) is 11.1 Å². The van der Waals surface area contributed by atoms with E-state index in [1.165, 1.54) is 0 Å². The largest absolute Gasteiger partial charge is 0.478 e. The van der Waals surface area contributed by atoms with Crippen molar-refractivity contribution >= 4 is 34.2 Å². The Hall–Kier alpha value is -4.19. The molecule has 0 atom stereocenters. The lowest BCUT2D eigenvalue weighted by molar-refractivity contribution is 0.0696. The minimum atomic E-state index is -0.948. The predicted octanol–water partition coefficient (Wildman–Crippen LogP) is 5.01. The molecule has 0 aliphatic carbocycles. The Balaban J connectivity index is 1.89. The molecule has 4 rings (SSSR count). The summed E-state index contributed by atoms with van der Waals surface area (Å²) in [6.45, 7) is 1.78. The summed E-state index contributed by atoms with van der Waals surface area (Å²) in [5.74, 6) is -1.18. The van der Waals surface area contributed by atoms with E-state index in [1.807, 2.05) is 54.6 Å². The van der Waals surface area contributed by atoms with Crippen LogP contribution in [0.3, 0.4) is 0 Å². The molecule has 0 aliphatic heterocycles. The van der Waals surface area contributed by atoms with Gasteiger partial charge in [-0.3, -0.25) is 9.78 Å². The molecular weight excluding hydrogens is 390 g/mol. The summed E-state index contributed by atoms with van der Waals surface area (Å²) in [6, 6.07) is 20.7. The van der Waals surface area contributed by atoms with Crippen LogP contribution < -0.4 is 10.6 Å². The molecule has 0 unspecified atom stereocenters. The van der Waals surface area contributed by atoms with Crippen molar-refractivity contribution in [2.24, 2.45) is 0 Å². The zero-order valence-electron chi connectivity index (χ0n) is 17.1. The number of aromatic carboxylic acids is 1. The van der Waals surface area contributed by atoms with Gasteiger partial charge in [0.15, 0.2) is 0 Å². The number of aromatic nitrogens is 1. The number of amides is 1. The van der Waals surface area contributed by atoms with E-state index in [-0.39, 0.29) is 11.5 Å². The smallest absolute Gasteiger partial charge is 0.335 e. The second kappa shape index (κ2) is 8.28. The van der Waals surface area contributed by atoms with Gasteiger partial charge in [0.05, 0.1) is 22.3 Å². The minimum absolute atomic E-state index is 0.236.